The van der Waals surface area contributed by atoms with Crippen LogP contribution in [-0.4, -0.2) is 16.9 Å². The third-order valence-electron chi connectivity index (χ3n) is 2.77. The maximum atomic E-state index is 12.8. The van der Waals surface area contributed by atoms with Crippen LogP contribution in [-0.2, 0) is 13.2 Å². The monoisotopic (exact) mass is 349 g/mol. The molecule has 0 aliphatic heterocycles. The number of anilines is 1. The molecular formula is C12H11BrF3N3O. The Morgan fingerprint density at radius 2 is 1.95 bits per heavy atom. The molecule has 0 saturated heterocycles. The molecule has 0 radical (unpaired) electrons. The van der Waals surface area contributed by atoms with Crippen molar-refractivity contribution in [2.24, 2.45) is 7.05 Å². The zero-order chi connectivity index (χ0) is 15.1. The molecular weight excluding hydrogens is 339 g/mol. The Balaban J connectivity index is 2.65. The smallest absolute Gasteiger partial charge is 0.416 e. The highest BCUT2D eigenvalue weighted by Crippen LogP contribution is 2.41. The summed E-state index contributed by atoms with van der Waals surface area (Å²) in [4.78, 5) is 0. The molecule has 0 amide bonds. The van der Waals surface area contributed by atoms with Crippen LogP contribution in [0.1, 0.15) is 5.56 Å². The number of benzene rings is 1. The van der Waals surface area contributed by atoms with Gasteiger partial charge in [-0.15, -0.1) is 0 Å². The fourth-order valence-electron chi connectivity index (χ4n) is 1.76. The summed E-state index contributed by atoms with van der Waals surface area (Å²) >= 11 is 3.13. The highest BCUT2D eigenvalue weighted by molar-refractivity contribution is 9.10. The number of methoxy groups -OCH3 is 1. The molecule has 0 saturated carbocycles. The molecule has 0 spiro atoms. The standard InChI is InChI=1S/C12H11BrF3N3O/c1-19-10(17)5-8(18-19)11-7(13)3-6(12(14,15)16)4-9(11)20-2/h3-5H,17H2,1-2H3. The van der Waals surface area contributed by atoms with Crippen LogP contribution in [0.5, 0.6) is 5.75 Å². The number of aromatic nitrogens is 2. The summed E-state index contributed by atoms with van der Waals surface area (Å²) in [7, 11) is 2.95. The lowest BCUT2D eigenvalue weighted by Crippen LogP contribution is -2.06. The van der Waals surface area contributed by atoms with Crippen LogP contribution < -0.4 is 10.5 Å². The van der Waals surface area contributed by atoms with E-state index in [9.17, 15) is 13.2 Å². The maximum absolute atomic E-state index is 12.8. The molecule has 2 rings (SSSR count). The van der Waals surface area contributed by atoms with Crippen molar-refractivity contribution in [3.05, 3.63) is 28.2 Å². The third kappa shape index (κ3) is 2.60. The van der Waals surface area contributed by atoms with Crippen molar-refractivity contribution in [1.29, 1.82) is 0 Å². The quantitative estimate of drug-likeness (QED) is 0.903. The number of ether oxygens (including phenoxy) is 1. The lowest BCUT2D eigenvalue weighted by Gasteiger charge is -2.13. The van der Waals surface area contributed by atoms with Crippen LogP contribution in [0.4, 0.5) is 19.0 Å². The van der Waals surface area contributed by atoms with Crippen molar-refractivity contribution < 1.29 is 17.9 Å². The first kappa shape index (κ1) is 14.7. The third-order valence-corrected chi connectivity index (χ3v) is 3.40. The van der Waals surface area contributed by atoms with Gasteiger partial charge in [0.05, 0.1) is 23.9 Å². The van der Waals surface area contributed by atoms with E-state index in [2.05, 4.69) is 21.0 Å². The predicted molar refractivity (Wildman–Crippen MR) is 72.3 cm³/mol. The lowest BCUT2D eigenvalue weighted by molar-refractivity contribution is -0.137. The van der Waals surface area contributed by atoms with Gasteiger partial charge in [0.15, 0.2) is 0 Å². The molecule has 0 bridgehead atoms. The molecule has 20 heavy (non-hydrogen) atoms. The summed E-state index contributed by atoms with van der Waals surface area (Å²) in [6, 6.07) is 3.49. The fraction of sp³-hybridized carbons (Fsp3) is 0.250. The first-order valence-electron chi connectivity index (χ1n) is 5.48. The number of aryl methyl sites for hydroxylation is 1. The van der Waals surface area contributed by atoms with E-state index >= 15 is 0 Å². The second-order valence-electron chi connectivity index (χ2n) is 4.11. The minimum absolute atomic E-state index is 0.0739. The number of nitrogens with two attached hydrogens (primary N) is 1. The minimum Gasteiger partial charge on any atom is -0.496 e. The van der Waals surface area contributed by atoms with E-state index in [1.54, 1.807) is 13.1 Å². The van der Waals surface area contributed by atoms with Gasteiger partial charge in [0.1, 0.15) is 11.6 Å². The van der Waals surface area contributed by atoms with Crippen molar-refractivity contribution in [3.63, 3.8) is 0 Å². The minimum atomic E-state index is -4.45. The summed E-state index contributed by atoms with van der Waals surface area (Å²) in [6.07, 6.45) is -4.45. The van der Waals surface area contributed by atoms with Crippen LogP contribution in [0.3, 0.4) is 0 Å². The number of alkyl halides is 3. The molecule has 1 heterocycles. The average molecular weight is 350 g/mol. The van der Waals surface area contributed by atoms with Gasteiger partial charge in [0.2, 0.25) is 0 Å². The Kier molecular flexibility index (Phi) is 3.68. The van der Waals surface area contributed by atoms with E-state index < -0.39 is 11.7 Å². The van der Waals surface area contributed by atoms with E-state index in [0.29, 0.717) is 17.1 Å². The van der Waals surface area contributed by atoms with E-state index in [-0.39, 0.29) is 10.2 Å². The maximum Gasteiger partial charge on any atom is 0.416 e. The lowest BCUT2D eigenvalue weighted by atomic mass is 10.1. The fourth-order valence-corrected chi connectivity index (χ4v) is 2.40. The average Bonchev–Trinajstić information content (AvgIpc) is 2.66. The van der Waals surface area contributed by atoms with Crippen molar-refractivity contribution in [3.8, 4) is 17.0 Å². The summed E-state index contributed by atoms with van der Waals surface area (Å²) in [5, 5.41) is 4.14. The highest BCUT2D eigenvalue weighted by Gasteiger charge is 2.32. The SMILES string of the molecule is COc1cc(C(F)(F)F)cc(Br)c1-c1cc(N)n(C)n1. The van der Waals surface area contributed by atoms with E-state index in [4.69, 9.17) is 10.5 Å². The molecule has 1 aromatic heterocycles. The molecule has 4 nitrogen and oxygen atoms in total. The molecule has 2 N–H and O–H groups in total. The van der Waals surface area contributed by atoms with Crippen LogP contribution in [0.25, 0.3) is 11.3 Å². The first-order chi connectivity index (χ1) is 9.24. The molecule has 0 fully saturated rings. The van der Waals surface area contributed by atoms with Crippen LogP contribution in [0, 0.1) is 0 Å². The van der Waals surface area contributed by atoms with Crippen LogP contribution >= 0.6 is 15.9 Å². The molecule has 0 aliphatic rings. The van der Waals surface area contributed by atoms with Gasteiger partial charge in [0.25, 0.3) is 0 Å². The molecule has 8 heteroatoms. The predicted octanol–water partition coefficient (Wildman–Crippen LogP) is 3.46. The summed E-state index contributed by atoms with van der Waals surface area (Å²) in [5.74, 6) is 0.471. The molecule has 0 aliphatic carbocycles. The van der Waals surface area contributed by atoms with Crippen molar-refractivity contribution in [1.82, 2.24) is 9.78 Å². The topological polar surface area (TPSA) is 53.1 Å². The Labute approximate surface area is 121 Å². The van der Waals surface area contributed by atoms with Gasteiger partial charge in [-0.05, 0) is 28.1 Å². The second-order valence-corrected chi connectivity index (χ2v) is 4.97. The van der Waals surface area contributed by atoms with Crippen molar-refractivity contribution in [2.75, 3.05) is 12.8 Å². The normalized spacial score (nSPS) is 11.7. The number of nitrogens with zero attached hydrogens (tertiary/aromatic N) is 2. The van der Waals surface area contributed by atoms with Gasteiger partial charge in [-0.2, -0.15) is 18.3 Å². The van der Waals surface area contributed by atoms with Crippen molar-refractivity contribution >= 4 is 21.7 Å². The second kappa shape index (κ2) is 5.01. The van der Waals surface area contributed by atoms with Gasteiger partial charge in [0, 0.05) is 17.6 Å². The number of hydrogen-bond donors (Lipinski definition) is 1. The van der Waals surface area contributed by atoms with E-state index in [1.807, 2.05) is 0 Å². The number of nitrogen functional groups attached to an aromatic ring is 1. The highest BCUT2D eigenvalue weighted by atomic mass is 79.9. The molecule has 0 unspecified atom stereocenters. The zero-order valence-corrected chi connectivity index (χ0v) is 12.2. The number of rotatable bonds is 2. The van der Waals surface area contributed by atoms with Gasteiger partial charge in [-0.3, -0.25) is 4.68 Å². The number of halogens is 4. The largest absolute Gasteiger partial charge is 0.496 e. The summed E-state index contributed by atoms with van der Waals surface area (Å²) < 4.78 is 45.0. The molecule has 1 aromatic carbocycles. The molecule has 0 atom stereocenters. The molecule has 108 valence electrons. The zero-order valence-electron chi connectivity index (χ0n) is 10.6. The van der Waals surface area contributed by atoms with E-state index in [0.717, 1.165) is 12.1 Å². The van der Waals surface area contributed by atoms with E-state index in [1.165, 1.54) is 11.8 Å². The Morgan fingerprint density at radius 1 is 1.30 bits per heavy atom. The Bertz CT molecular complexity index is 633. The Hall–Kier alpha value is -1.70. The van der Waals surface area contributed by atoms with Gasteiger partial charge in [-0.1, -0.05) is 0 Å². The van der Waals surface area contributed by atoms with Gasteiger partial charge in [-0.25, -0.2) is 0 Å². The van der Waals surface area contributed by atoms with Gasteiger partial charge < -0.3 is 10.5 Å². The molecule has 2 aromatic rings. The van der Waals surface area contributed by atoms with Crippen LogP contribution in [0.2, 0.25) is 0 Å². The Morgan fingerprint density at radius 3 is 2.40 bits per heavy atom. The first-order valence-corrected chi connectivity index (χ1v) is 6.28. The van der Waals surface area contributed by atoms with Crippen molar-refractivity contribution in [2.45, 2.75) is 6.18 Å². The summed E-state index contributed by atoms with van der Waals surface area (Å²) in [6.45, 7) is 0. The summed E-state index contributed by atoms with van der Waals surface area (Å²) in [5.41, 5.74) is 5.74. The number of hydrogen-bond acceptors (Lipinski definition) is 3. The van der Waals surface area contributed by atoms with Gasteiger partial charge >= 0.3 is 6.18 Å². The van der Waals surface area contributed by atoms with Crippen LogP contribution in [0.15, 0.2) is 22.7 Å².